The number of aliphatic hydroxyl groups is 2. The lowest BCUT2D eigenvalue weighted by molar-refractivity contribution is -0.198. The number of amides is 1. The quantitative estimate of drug-likeness (QED) is 0.660. The molecule has 0 radical (unpaired) electrons. The van der Waals surface area contributed by atoms with E-state index in [4.69, 9.17) is 10.2 Å². The lowest BCUT2D eigenvalue weighted by Gasteiger charge is -2.36. The Labute approximate surface area is 114 Å². The van der Waals surface area contributed by atoms with Crippen molar-refractivity contribution in [2.45, 2.75) is 45.2 Å². The van der Waals surface area contributed by atoms with Crippen LogP contribution in [0.15, 0.2) is 0 Å². The number of hydrogen-bond acceptors (Lipinski definition) is 5. The molecule has 0 aromatic rings. The fourth-order valence-corrected chi connectivity index (χ4v) is 2.95. The maximum atomic E-state index is 12.5. The summed E-state index contributed by atoms with van der Waals surface area (Å²) >= 11 is 0. The smallest absolute Gasteiger partial charge is 0.227 e. The molecule has 0 aliphatic carbocycles. The van der Waals surface area contributed by atoms with E-state index in [2.05, 4.69) is 0 Å². The van der Waals surface area contributed by atoms with Gasteiger partial charge < -0.3 is 20.3 Å². The van der Waals surface area contributed by atoms with Crippen LogP contribution in [-0.2, 0) is 4.79 Å². The second-order valence-corrected chi connectivity index (χ2v) is 6.31. The summed E-state index contributed by atoms with van der Waals surface area (Å²) in [6, 6.07) is 0. The van der Waals surface area contributed by atoms with E-state index in [1.54, 1.807) is 0 Å². The van der Waals surface area contributed by atoms with E-state index in [1.165, 1.54) is 9.96 Å². The van der Waals surface area contributed by atoms with Gasteiger partial charge in [0.25, 0.3) is 0 Å². The van der Waals surface area contributed by atoms with Crippen LogP contribution in [0.4, 0.5) is 0 Å². The van der Waals surface area contributed by atoms with Crippen LogP contribution in [0.25, 0.3) is 0 Å². The summed E-state index contributed by atoms with van der Waals surface area (Å²) < 4.78 is 0. The molecule has 1 rings (SSSR count). The van der Waals surface area contributed by atoms with E-state index < -0.39 is 11.1 Å². The SMILES string of the molecule is CC1(C)CC(C(=O)N(CCO)CCO)C(C)(C)N1O. The van der Waals surface area contributed by atoms with E-state index in [0.29, 0.717) is 6.42 Å². The molecule has 0 aromatic carbocycles. The molecule has 0 aromatic heterocycles. The Morgan fingerprint density at radius 2 is 1.68 bits per heavy atom. The fourth-order valence-electron chi connectivity index (χ4n) is 2.95. The minimum atomic E-state index is -0.663. The molecule has 1 amide bonds. The standard InChI is InChI=1S/C13H26N2O4/c1-12(2)9-10(13(3,4)15(12)19)11(18)14(5-7-16)6-8-17/h10,16-17,19H,5-9H2,1-4H3. The summed E-state index contributed by atoms with van der Waals surface area (Å²) in [5, 5.41) is 29.5. The van der Waals surface area contributed by atoms with Gasteiger partial charge in [-0.3, -0.25) is 4.79 Å². The molecule has 1 fully saturated rings. The molecule has 3 N–H and O–H groups in total. The van der Waals surface area contributed by atoms with Crippen LogP contribution >= 0.6 is 0 Å². The van der Waals surface area contributed by atoms with Crippen molar-refractivity contribution < 1.29 is 20.2 Å². The second kappa shape index (κ2) is 5.75. The number of nitrogens with zero attached hydrogens (tertiary/aromatic N) is 2. The summed E-state index contributed by atoms with van der Waals surface area (Å²) in [6.07, 6.45) is 0.544. The van der Waals surface area contributed by atoms with Crippen molar-refractivity contribution in [1.29, 1.82) is 0 Å². The van der Waals surface area contributed by atoms with E-state index in [9.17, 15) is 10.0 Å². The van der Waals surface area contributed by atoms with Gasteiger partial charge >= 0.3 is 0 Å². The molecule has 6 heteroatoms. The van der Waals surface area contributed by atoms with E-state index in [1.807, 2.05) is 27.7 Å². The summed E-state index contributed by atoms with van der Waals surface area (Å²) in [7, 11) is 0. The second-order valence-electron chi connectivity index (χ2n) is 6.31. The predicted octanol–water partition coefficient (Wildman–Crippen LogP) is 0.0679. The average molecular weight is 274 g/mol. The summed E-state index contributed by atoms with van der Waals surface area (Å²) in [6.45, 7) is 7.60. The van der Waals surface area contributed by atoms with E-state index >= 15 is 0 Å². The minimum absolute atomic E-state index is 0.127. The van der Waals surface area contributed by atoms with Crippen molar-refractivity contribution in [1.82, 2.24) is 9.96 Å². The number of rotatable bonds is 5. The molecule has 6 nitrogen and oxygen atoms in total. The number of carbonyl (C=O) groups excluding carboxylic acids is 1. The van der Waals surface area contributed by atoms with E-state index in [0.717, 1.165) is 0 Å². The molecular weight excluding hydrogens is 248 g/mol. The van der Waals surface area contributed by atoms with Gasteiger partial charge in [0.2, 0.25) is 5.91 Å². The Hall–Kier alpha value is -0.690. The van der Waals surface area contributed by atoms with Crippen LogP contribution in [0.3, 0.4) is 0 Å². The van der Waals surface area contributed by atoms with Gasteiger partial charge in [0.05, 0.1) is 24.7 Å². The van der Waals surface area contributed by atoms with Gasteiger partial charge in [-0.1, -0.05) is 0 Å². The van der Waals surface area contributed by atoms with Gasteiger partial charge in [-0.05, 0) is 34.1 Å². The van der Waals surface area contributed by atoms with Crippen molar-refractivity contribution in [3.8, 4) is 0 Å². The molecule has 0 spiro atoms. The number of hydrogen-bond donors (Lipinski definition) is 3. The zero-order valence-electron chi connectivity index (χ0n) is 12.3. The third-order valence-corrected chi connectivity index (χ3v) is 4.03. The lowest BCUT2D eigenvalue weighted by atomic mass is 9.86. The first-order valence-electron chi connectivity index (χ1n) is 6.68. The van der Waals surface area contributed by atoms with Crippen molar-refractivity contribution in [2.24, 2.45) is 5.92 Å². The van der Waals surface area contributed by atoms with Gasteiger partial charge in [-0.15, -0.1) is 0 Å². The first-order valence-corrected chi connectivity index (χ1v) is 6.68. The molecule has 112 valence electrons. The number of hydroxylamine groups is 2. The van der Waals surface area contributed by atoms with Crippen LogP contribution in [0.5, 0.6) is 0 Å². The molecule has 1 heterocycles. The van der Waals surface area contributed by atoms with Crippen molar-refractivity contribution in [3.63, 3.8) is 0 Å². The van der Waals surface area contributed by atoms with Gasteiger partial charge in [-0.25, -0.2) is 0 Å². The van der Waals surface area contributed by atoms with Crippen molar-refractivity contribution in [2.75, 3.05) is 26.3 Å². The third-order valence-electron chi connectivity index (χ3n) is 4.03. The fraction of sp³-hybridized carbons (Fsp3) is 0.923. The molecule has 1 saturated heterocycles. The highest BCUT2D eigenvalue weighted by molar-refractivity contribution is 5.80. The summed E-state index contributed by atoms with van der Waals surface area (Å²) in [4.78, 5) is 14.0. The average Bonchev–Trinajstić information content (AvgIpc) is 2.48. The highest BCUT2D eigenvalue weighted by atomic mass is 16.5. The maximum Gasteiger partial charge on any atom is 0.227 e. The normalized spacial score (nSPS) is 25.5. The number of aliphatic hydroxyl groups excluding tert-OH is 2. The van der Waals surface area contributed by atoms with Gasteiger partial charge in [0, 0.05) is 18.6 Å². The molecule has 19 heavy (non-hydrogen) atoms. The van der Waals surface area contributed by atoms with Crippen LogP contribution in [-0.4, -0.2) is 68.7 Å². The molecule has 1 atom stereocenters. The zero-order valence-corrected chi connectivity index (χ0v) is 12.3. The topological polar surface area (TPSA) is 84.2 Å². The minimum Gasteiger partial charge on any atom is -0.395 e. The Morgan fingerprint density at radius 1 is 1.21 bits per heavy atom. The number of carbonyl (C=O) groups is 1. The van der Waals surface area contributed by atoms with Crippen molar-refractivity contribution >= 4 is 5.91 Å². The zero-order chi connectivity index (χ0) is 14.8. The largest absolute Gasteiger partial charge is 0.395 e. The van der Waals surface area contributed by atoms with E-state index in [-0.39, 0.29) is 38.1 Å². The maximum absolute atomic E-state index is 12.5. The Morgan fingerprint density at radius 3 is 2.00 bits per heavy atom. The molecule has 0 saturated carbocycles. The van der Waals surface area contributed by atoms with Gasteiger partial charge in [0.15, 0.2) is 0 Å². The van der Waals surface area contributed by atoms with Crippen LogP contribution in [0.1, 0.15) is 34.1 Å². The predicted molar refractivity (Wildman–Crippen MR) is 70.6 cm³/mol. The molecular formula is C13H26N2O4. The first-order chi connectivity index (χ1) is 8.68. The Balaban J connectivity index is 2.92. The monoisotopic (exact) mass is 274 g/mol. The van der Waals surface area contributed by atoms with Gasteiger partial charge in [0.1, 0.15) is 0 Å². The molecule has 0 bridgehead atoms. The lowest BCUT2D eigenvalue weighted by Crippen LogP contribution is -2.51. The highest BCUT2D eigenvalue weighted by Gasteiger charge is 2.54. The third kappa shape index (κ3) is 3.08. The molecule has 1 unspecified atom stereocenters. The molecule has 1 aliphatic rings. The van der Waals surface area contributed by atoms with Crippen LogP contribution in [0.2, 0.25) is 0 Å². The van der Waals surface area contributed by atoms with Gasteiger partial charge in [-0.2, -0.15) is 5.06 Å². The summed E-state index contributed by atoms with van der Waals surface area (Å²) in [5.41, 5.74) is -1.13. The highest BCUT2D eigenvalue weighted by Crippen LogP contribution is 2.44. The van der Waals surface area contributed by atoms with Crippen LogP contribution in [0, 0.1) is 5.92 Å². The van der Waals surface area contributed by atoms with Crippen LogP contribution < -0.4 is 0 Å². The summed E-state index contributed by atoms with van der Waals surface area (Å²) in [5.74, 6) is -0.483. The Bertz CT molecular complexity index is 325. The van der Waals surface area contributed by atoms with Crippen molar-refractivity contribution in [3.05, 3.63) is 0 Å². The Kier molecular flexibility index (Phi) is 4.95. The molecule has 1 aliphatic heterocycles. The first kappa shape index (κ1) is 16.4.